The summed E-state index contributed by atoms with van der Waals surface area (Å²) in [5, 5.41) is 3.12. The summed E-state index contributed by atoms with van der Waals surface area (Å²) in [6.45, 7) is 2.71. The molecule has 2 aromatic heterocycles. The van der Waals surface area contributed by atoms with Gasteiger partial charge in [-0.1, -0.05) is 0 Å². The molecular weight excluding hydrogens is 370 g/mol. The number of piperidine rings is 2. The van der Waals surface area contributed by atoms with Crippen LogP contribution in [0, 0.1) is 5.41 Å². The van der Waals surface area contributed by atoms with Crippen LogP contribution in [0.2, 0.25) is 0 Å². The molecule has 154 valence electrons. The van der Waals surface area contributed by atoms with Gasteiger partial charge in [0.15, 0.2) is 0 Å². The summed E-state index contributed by atoms with van der Waals surface area (Å²) in [5.74, 6) is -0.0977. The molecule has 4 heterocycles. The van der Waals surface area contributed by atoms with Crippen molar-refractivity contribution < 1.29 is 9.59 Å². The average Bonchev–Trinajstić information content (AvgIpc) is 3.27. The van der Waals surface area contributed by atoms with E-state index in [2.05, 4.69) is 30.2 Å². The topological polar surface area (TPSA) is 107 Å². The number of hydrogen-bond acceptors (Lipinski definition) is 6. The fourth-order valence-electron chi connectivity index (χ4n) is 4.61. The number of nitrogens with zero attached hydrogens (tertiary/aromatic N) is 5. The van der Waals surface area contributed by atoms with Crippen LogP contribution in [0.1, 0.15) is 35.4 Å². The Kier molecular flexibility index (Phi) is 5.57. The van der Waals surface area contributed by atoms with Crippen LogP contribution in [0.5, 0.6) is 0 Å². The summed E-state index contributed by atoms with van der Waals surface area (Å²) in [6, 6.07) is -0.170. The lowest BCUT2D eigenvalue weighted by atomic mass is 9.67. The molecule has 2 aliphatic heterocycles. The molecule has 0 unspecified atom stereocenters. The van der Waals surface area contributed by atoms with Gasteiger partial charge in [0.2, 0.25) is 5.91 Å². The monoisotopic (exact) mass is 397 g/mol. The number of aromatic amines is 1. The Morgan fingerprint density at radius 2 is 2.14 bits per heavy atom. The Bertz CT molecular complexity index is 842. The fraction of sp³-hybridized carbons (Fsp3) is 0.550. The van der Waals surface area contributed by atoms with Crippen LogP contribution in [-0.4, -0.2) is 80.8 Å². The standard InChI is InChI=1S/C20H27N7O2/c1-26-10-5-20(19(29)24-6-3-15-11-22-14-25-15)4-2-9-27(17(20)13-26)18(28)16-12-21-7-8-23-16/h7-8,11-12,14,17H,2-6,9-10,13H2,1H3,(H,22,25)(H,24,29)/t17-,20+/m0/s1. The third-order valence-electron chi connectivity index (χ3n) is 6.19. The van der Waals surface area contributed by atoms with Gasteiger partial charge in [0.1, 0.15) is 5.69 Å². The van der Waals surface area contributed by atoms with Crippen LogP contribution >= 0.6 is 0 Å². The van der Waals surface area contributed by atoms with Gasteiger partial charge < -0.3 is 20.1 Å². The van der Waals surface area contributed by atoms with Crippen LogP contribution in [0.15, 0.2) is 31.1 Å². The second-order valence-electron chi connectivity index (χ2n) is 7.96. The molecule has 0 spiro atoms. The molecule has 0 aliphatic carbocycles. The zero-order valence-corrected chi connectivity index (χ0v) is 16.7. The fourth-order valence-corrected chi connectivity index (χ4v) is 4.61. The normalized spacial score (nSPS) is 24.7. The molecule has 9 nitrogen and oxygen atoms in total. The van der Waals surface area contributed by atoms with Crippen LogP contribution in [0.3, 0.4) is 0 Å². The number of carbonyl (C=O) groups is 2. The van der Waals surface area contributed by atoms with Gasteiger partial charge in [0.05, 0.1) is 24.0 Å². The number of aromatic nitrogens is 4. The van der Waals surface area contributed by atoms with Crippen molar-refractivity contribution >= 4 is 11.8 Å². The zero-order chi connectivity index (χ0) is 20.3. The molecule has 29 heavy (non-hydrogen) atoms. The molecule has 9 heteroatoms. The lowest BCUT2D eigenvalue weighted by Crippen LogP contribution is -2.66. The highest BCUT2D eigenvalue weighted by molar-refractivity contribution is 5.93. The maximum absolute atomic E-state index is 13.4. The molecule has 0 bridgehead atoms. The molecule has 0 aromatic carbocycles. The van der Waals surface area contributed by atoms with Crippen molar-refractivity contribution in [2.45, 2.75) is 31.7 Å². The summed E-state index contributed by atoms with van der Waals surface area (Å²) in [6.07, 6.45) is 11.0. The number of H-pyrrole nitrogens is 1. The smallest absolute Gasteiger partial charge is 0.274 e. The number of carbonyl (C=O) groups excluding carboxylic acids is 2. The van der Waals surface area contributed by atoms with E-state index in [0.29, 0.717) is 31.7 Å². The van der Waals surface area contributed by atoms with Crippen molar-refractivity contribution in [2.75, 3.05) is 33.2 Å². The van der Waals surface area contributed by atoms with E-state index in [1.807, 2.05) is 11.9 Å². The first kappa shape index (κ1) is 19.5. The van der Waals surface area contributed by atoms with Crippen molar-refractivity contribution in [1.82, 2.24) is 35.1 Å². The molecule has 0 radical (unpaired) electrons. The first-order valence-electron chi connectivity index (χ1n) is 10.1. The SMILES string of the molecule is CN1CC[C@]2(C(=O)NCCc3cnc[nH]3)CCCN(C(=O)c3cnccn3)[C@H]2C1. The molecule has 2 amide bonds. The highest BCUT2D eigenvalue weighted by Gasteiger charge is 2.53. The molecular formula is C20H27N7O2. The van der Waals surface area contributed by atoms with Crippen molar-refractivity contribution in [3.8, 4) is 0 Å². The zero-order valence-electron chi connectivity index (χ0n) is 16.7. The Hall–Kier alpha value is -2.81. The lowest BCUT2D eigenvalue weighted by Gasteiger charge is -2.53. The Labute approximate surface area is 169 Å². The van der Waals surface area contributed by atoms with Crippen molar-refractivity contribution in [1.29, 1.82) is 0 Å². The number of likely N-dealkylation sites (tertiary alicyclic amines) is 2. The molecule has 2 N–H and O–H groups in total. The third kappa shape index (κ3) is 3.87. The van der Waals surface area contributed by atoms with Crippen LogP contribution in [0.4, 0.5) is 0 Å². The Morgan fingerprint density at radius 3 is 2.90 bits per heavy atom. The first-order valence-corrected chi connectivity index (χ1v) is 10.1. The largest absolute Gasteiger partial charge is 0.355 e. The van der Waals surface area contributed by atoms with Gasteiger partial charge in [0.25, 0.3) is 5.91 Å². The number of amides is 2. The molecule has 4 rings (SSSR count). The van der Waals surface area contributed by atoms with E-state index in [1.165, 1.54) is 12.4 Å². The van der Waals surface area contributed by atoms with Gasteiger partial charge in [0, 0.05) is 50.3 Å². The van der Waals surface area contributed by atoms with E-state index in [1.54, 1.807) is 18.7 Å². The summed E-state index contributed by atoms with van der Waals surface area (Å²) in [7, 11) is 2.04. The van der Waals surface area contributed by atoms with Crippen molar-refractivity contribution in [2.24, 2.45) is 5.41 Å². The highest BCUT2D eigenvalue weighted by Crippen LogP contribution is 2.43. The number of rotatable bonds is 5. The Balaban J connectivity index is 1.53. The predicted molar refractivity (Wildman–Crippen MR) is 106 cm³/mol. The number of hydrogen-bond donors (Lipinski definition) is 2. The number of fused-ring (bicyclic) bond motifs is 1. The minimum Gasteiger partial charge on any atom is -0.355 e. The Morgan fingerprint density at radius 1 is 1.24 bits per heavy atom. The van der Waals surface area contributed by atoms with E-state index in [-0.39, 0.29) is 17.9 Å². The van der Waals surface area contributed by atoms with Crippen LogP contribution in [-0.2, 0) is 11.2 Å². The quantitative estimate of drug-likeness (QED) is 0.760. The van der Waals surface area contributed by atoms with E-state index in [9.17, 15) is 9.59 Å². The predicted octanol–water partition coefficient (Wildman–Crippen LogP) is 0.485. The van der Waals surface area contributed by atoms with Gasteiger partial charge in [-0.15, -0.1) is 0 Å². The van der Waals surface area contributed by atoms with Crippen LogP contribution < -0.4 is 5.32 Å². The maximum atomic E-state index is 13.4. The molecule has 2 atom stereocenters. The molecule has 2 aliphatic rings. The summed E-state index contributed by atoms with van der Waals surface area (Å²) < 4.78 is 0. The van der Waals surface area contributed by atoms with Crippen molar-refractivity contribution in [3.05, 3.63) is 42.5 Å². The van der Waals surface area contributed by atoms with Gasteiger partial charge >= 0.3 is 0 Å². The highest BCUT2D eigenvalue weighted by atomic mass is 16.2. The van der Waals surface area contributed by atoms with Gasteiger partial charge in [-0.3, -0.25) is 14.6 Å². The van der Waals surface area contributed by atoms with Gasteiger partial charge in [-0.2, -0.15) is 0 Å². The maximum Gasteiger partial charge on any atom is 0.274 e. The minimum absolute atomic E-state index is 0.0479. The second kappa shape index (κ2) is 8.28. The van der Waals surface area contributed by atoms with Gasteiger partial charge in [-0.25, -0.2) is 9.97 Å². The van der Waals surface area contributed by atoms with Crippen LogP contribution in [0.25, 0.3) is 0 Å². The molecule has 0 saturated carbocycles. The summed E-state index contributed by atoms with van der Waals surface area (Å²) in [4.78, 5) is 45.8. The molecule has 2 fully saturated rings. The lowest BCUT2D eigenvalue weighted by molar-refractivity contribution is -0.142. The van der Waals surface area contributed by atoms with E-state index < -0.39 is 5.41 Å². The number of nitrogens with one attached hydrogen (secondary N) is 2. The van der Waals surface area contributed by atoms with E-state index in [0.717, 1.165) is 31.5 Å². The average molecular weight is 397 g/mol. The van der Waals surface area contributed by atoms with Gasteiger partial charge in [-0.05, 0) is 32.9 Å². The number of imidazole rings is 1. The summed E-state index contributed by atoms with van der Waals surface area (Å²) in [5.41, 5.74) is 0.762. The number of likely N-dealkylation sites (N-methyl/N-ethyl adjacent to an activating group) is 1. The second-order valence-corrected chi connectivity index (χ2v) is 7.96. The van der Waals surface area contributed by atoms with E-state index in [4.69, 9.17) is 0 Å². The van der Waals surface area contributed by atoms with E-state index >= 15 is 0 Å². The third-order valence-corrected chi connectivity index (χ3v) is 6.19. The molecule has 2 saturated heterocycles. The first-order chi connectivity index (χ1) is 14.1. The van der Waals surface area contributed by atoms with Crippen molar-refractivity contribution in [3.63, 3.8) is 0 Å². The minimum atomic E-state index is -0.559. The summed E-state index contributed by atoms with van der Waals surface area (Å²) >= 11 is 0. The molecule has 2 aromatic rings.